The molecule has 2 rings (SSSR count). The van der Waals surface area contributed by atoms with Crippen molar-refractivity contribution in [3.05, 3.63) is 23.9 Å². The number of rotatable bonds is 1. The molecular weight excluding hydrogens is 216 g/mol. The standard InChI is InChI=1S/C10H11F2N3O/c11-7-5-9(12)10(13-6-7)15-3-1-8(14-16)2-4-15/h5-6,16H,1-4H2. The third-order valence-electron chi connectivity index (χ3n) is 2.57. The van der Waals surface area contributed by atoms with E-state index in [1.54, 1.807) is 4.90 Å². The highest BCUT2D eigenvalue weighted by Gasteiger charge is 2.19. The van der Waals surface area contributed by atoms with E-state index in [1.807, 2.05) is 0 Å². The predicted octanol–water partition coefficient (Wildman–Crippen LogP) is 1.79. The number of nitrogens with zero attached hydrogens (tertiary/aromatic N) is 3. The first kappa shape index (κ1) is 10.8. The van der Waals surface area contributed by atoms with Crippen LogP contribution < -0.4 is 4.90 Å². The molecule has 1 aliphatic rings. The van der Waals surface area contributed by atoms with Crippen LogP contribution in [0.4, 0.5) is 14.6 Å². The second kappa shape index (κ2) is 4.42. The molecular formula is C10H11F2N3O. The van der Waals surface area contributed by atoms with Crippen LogP contribution in [0.25, 0.3) is 0 Å². The molecule has 1 aromatic heterocycles. The van der Waals surface area contributed by atoms with Gasteiger partial charge in [0.2, 0.25) is 0 Å². The van der Waals surface area contributed by atoms with E-state index in [0.717, 1.165) is 12.3 Å². The second-order valence-corrected chi connectivity index (χ2v) is 3.61. The summed E-state index contributed by atoms with van der Waals surface area (Å²) in [5.41, 5.74) is 0.693. The summed E-state index contributed by atoms with van der Waals surface area (Å²) in [6.07, 6.45) is 2.12. The van der Waals surface area contributed by atoms with Crippen molar-refractivity contribution in [2.45, 2.75) is 12.8 Å². The van der Waals surface area contributed by atoms with Crippen molar-refractivity contribution < 1.29 is 14.0 Å². The Hall–Kier alpha value is -1.72. The van der Waals surface area contributed by atoms with Crippen molar-refractivity contribution in [3.63, 3.8) is 0 Å². The predicted molar refractivity (Wildman–Crippen MR) is 54.8 cm³/mol. The smallest absolute Gasteiger partial charge is 0.168 e. The lowest BCUT2D eigenvalue weighted by Crippen LogP contribution is -2.35. The van der Waals surface area contributed by atoms with Crippen LogP contribution in [0.2, 0.25) is 0 Å². The Morgan fingerprint density at radius 2 is 2.00 bits per heavy atom. The van der Waals surface area contributed by atoms with E-state index in [0.29, 0.717) is 31.6 Å². The van der Waals surface area contributed by atoms with E-state index >= 15 is 0 Å². The van der Waals surface area contributed by atoms with Crippen molar-refractivity contribution in [1.82, 2.24) is 4.98 Å². The van der Waals surface area contributed by atoms with Gasteiger partial charge < -0.3 is 10.1 Å². The Kier molecular flexibility index (Phi) is 2.98. The molecule has 1 saturated heterocycles. The molecule has 0 aromatic carbocycles. The number of oxime groups is 1. The first-order valence-corrected chi connectivity index (χ1v) is 4.96. The molecule has 2 heterocycles. The maximum atomic E-state index is 13.4. The second-order valence-electron chi connectivity index (χ2n) is 3.61. The molecule has 0 bridgehead atoms. The van der Waals surface area contributed by atoms with Gasteiger partial charge in [-0.25, -0.2) is 13.8 Å². The Morgan fingerprint density at radius 3 is 2.56 bits per heavy atom. The lowest BCUT2D eigenvalue weighted by atomic mass is 10.1. The van der Waals surface area contributed by atoms with Crippen LogP contribution in [0.1, 0.15) is 12.8 Å². The van der Waals surface area contributed by atoms with Gasteiger partial charge in [-0.2, -0.15) is 0 Å². The lowest BCUT2D eigenvalue weighted by Gasteiger charge is -2.28. The van der Waals surface area contributed by atoms with Gasteiger partial charge >= 0.3 is 0 Å². The first-order valence-electron chi connectivity index (χ1n) is 4.96. The number of anilines is 1. The Labute approximate surface area is 91.2 Å². The number of hydrogen-bond acceptors (Lipinski definition) is 4. The van der Waals surface area contributed by atoms with Crippen LogP contribution in [0.15, 0.2) is 17.4 Å². The van der Waals surface area contributed by atoms with E-state index in [-0.39, 0.29) is 5.82 Å². The van der Waals surface area contributed by atoms with Gasteiger partial charge in [0, 0.05) is 32.0 Å². The molecule has 0 saturated carbocycles. The summed E-state index contributed by atoms with van der Waals surface area (Å²) < 4.78 is 26.0. The fraction of sp³-hybridized carbons (Fsp3) is 0.400. The zero-order valence-corrected chi connectivity index (χ0v) is 8.53. The molecule has 1 aromatic rings. The number of pyridine rings is 1. The molecule has 1 N–H and O–H groups in total. The molecule has 0 spiro atoms. The largest absolute Gasteiger partial charge is 0.411 e. The Morgan fingerprint density at radius 1 is 1.31 bits per heavy atom. The third-order valence-corrected chi connectivity index (χ3v) is 2.57. The third kappa shape index (κ3) is 2.10. The van der Waals surface area contributed by atoms with E-state index < -0.39 is 11.6 Å². The number of aromatic nitrogens is 1. The Bertz CT molecular complexity index is 413. The van der Waals surface area contributed by atoms with Crippen molar-refractivity contribution in [2.75, 3.05) is 18.0 Å². The van der Waals surface area contributed by atoms with Crippen LogP contribution in [-0.2, 0) is 0 Å². The van der Waals surface area contributed by atoms with Gasteiger partial charge in [0.1, 0.15) is 5.82 Å². The average Bonchev–Trinajstić information content (AvgIpc) is 2.29. The minimum Gasteiger partial charge on any atom is -0.411 e. The van der Waals surface area contributed by atoms with Crippen LogP contribution in [0.5, 0.6) is 0 Å². The molecule has 6 heteroatoms. The molecule has 0 unspecified atom stereocenters. The summed E-state index contributed by atoms with van der Waals surface area (Å²) in [6, 6.07) is 0.817. The van der Waals surface area contributed by atoms with Gasteiger partial charge in [0.05, 0.1) is 11.9 Å². The number of piperidine rings is 1. The SMILES string of the molecule is ON=C1CCN(c2ncc(F)cc2F)CC1. The zero-order chi connectivity index (χ0) is 11.5. The lowest BCUT2D eigenvalue weighted by molar-refractivity contribution is 0.315. The highest BCUT2D eigenvalue weighted by atomic mass is 19.1. The van der Waals surface area contributed by atoms with Gasteiger partial charge in [0.15, 0.2) is 11.6 Å². The molecule has 16 heavy (non-hydrogen) atoms. The summed E-state index contributed by atoms with van der Waals surface area (Å²) >= 11 is 0. The molecule has 4 nitrogen and oxygen atoms in total. The van der Waals surface area contributed by atoms with Crippen molar-refractivity contribution in [1.29, 1.82) is 0 Å². The highest BCUT2D eigenvalue weighted by Crippen LogP contribution is 2.20. The number of halogens is 2. The van der Waals surface area contributed by atoms with Gasteiger partial charge in [-0.1, -0.05) is 5.16 Å². The fourth-order valence-corrected chi connectivity index (χ4v) is 1.72. The quantitative estimate of drug-likeness (QED) is 0.587. The first-order chi connectivity index (χ1) is 7.70. The van der Waals surface area contributed by atoms with Crippen LogP contribution >= 0.6 is 0 Å². The maximum absolute atomic E-state index is 13.4. The average molecular weight is 227 g/mol. The minimum atomic E-state index is -0.684. The topological polar surface area (TPSA) is 48.7 Å². The van der Waals surface area contributed by atoms with Crippen molar-refractivity contribution in [3.8, 4) is 0 Å². The molecule has 1 fully saturated rings. The van der Waals surface area contributed by atoms with Gasteiger partial charge in [-0.3, -0.25) is 0 Å². The van der Waals surface area contributed by atoms with Gasteiger partial charge in [-0.15, -0.1) is 0 Å². The summed E-state index contributed by atoms with van der Waals surface area (Å²) in [7, 11) is 0. The fourth-order valence-electron chi connectivity index (χ4n) is 1.72. The molecule has 0 amide bonds. The summed E-state index contributed by atoms with van der Waals surface area (Å²) in [5.74, 6) is -1.20. The van der Waals surface area contributed by atoms with Crippen molar-refractivity contribution >= 4 is 11.5 Å². The van der Waals surface area contributed by atoms with Gasteiger partial charge in [0.25, 0.3) is 0 Å². The molecule has 1 aliphatic heterocycles. The number of hydrogen-bond donors (Lipinski definition) is 1. The van der Waals surface area contributed by atoms with E-state index in [4.69, 9.17) is 5.21 Å². The van der Waals surface area contributed by atoms with Crippen molar-refractivity contribution in [2.24, 2.45) is 5.16 Å². The molecule has 0 radical (unpaired) electrons. The van der Waals surface area contributed by atoms with Crippen LogP contribution in [0, 0.1) is 11.6 Å². The monoisotopic (exact) mass is 227 g/mol. The van der Waals surface area contributed by atoms with Crippen LogP contribution in [-0.4, -0.2) is 29.0 Å². The Balaban J connectivity index is 2.14. The summed E-state index contributed by atoms with van der Waals surface area (Å²) in [5, 5.41) is 11.7. The minimum absolute atomic E-state index is 0.151. The summed E-state index contributed by atoms with van der Waals surface area (Å²) in [4.78, 5) is 5.44. The molecule has 0 aliphatic carbocycles. The van der Waals surface area contributed by atoms with Crippen LogP contribution in [0.3, 0.4) is 0 Å². The van der Waals surface area contributed by atoms with Gasteiger partial charge in [-0.05, 0) is 0 Å². The molecule has 86 valence electrons. The van der Waals surface area contributed by atoms with E-state index in [2.05, 4.69) is 10.1 Å². The zero-order valence-electron chi connectivity index (χ0n) is 8.53. The highest BCUT2D eigenvalue weighted by molar-refractivity contribution is 5.86. The maximum Gasteiger partial charge on any atom is 0.168 e. The normalized spacial score (nSPS) is 16.4. The van der Waals surface area contributed by atoms with E-state index in [1.165, 1.54) is 0 Å². The summed E-state index contributed by atoms with van der Waals surface area (Å²) in [6.45, 7) is 1.05. The van der Waals surface area contributed by atoms with E-state index in [9.17, 15) is 8.78 Å². The molecule has 0 atom stereocenters.